The Morgan fingerprint density at radius 2 is 1.87 bits per heavy atom. The van der Waals surface area contributed by atoms with Crippen LogP contribution in [0.4, 0.5) is 23.2 Å². The lowest BCUT2D eigenvalue weighted by Crippen LogP contribution is -2.41. The number of ether oxygens (including phenoxy) is 1. The number of hydrogen-bond acceptors (Lipinski definition) is 8. The summed E-state index contributed by atoms with van der Waals surface area (Å²) >= 11 is 6.72. The Labute approximate surface area is 219 Å². The summed E-state index contributed by atoms with van der Waals surface area (Å²) in [5.41, 5.74) is -5.69. The Bertz CT molecular complexity index is 1470. The molecule has 38 heavy (non-hydrogen) atoms. The topological polar surface area (TPSA) is 140 Å². The molecule has 1 saturated heterocycles. The standard InChI is InChI=1S/C21H17ClF4N4O7S/c1-3-37-17(34)8-29-18(35)13(6-16(32)33)38-19(29)27-11-5-12(10(23)4-9(11)22)30-15(31)7-14(21(24,25)26)28(2)20(30)36/h4-5,7,13H,3,6,8H2,1-2H3,(H,32,33). The van der Waals surface area contributed by atoms with Gasteiger partial charge in [0.1, 0.15) is 23.3 Å². The monoisotopic (exact) mass is 580 g/mol. The Morgan fingerprint density at radius 1 is 1.21 bits per heavy atom. The maximum absolute atomic E-state index is 14.8. The fourth-order valence-corrected chi connectivity index (χ4v) is 4.70. The lowest BCUT2D eigenvalue weighted by molar-refractivity contribution is -0.146. The lowest BCUT2D eigenvalue weighted by Gasteiger charge is -2.16. The number of carbonyl (C=O) groups excluding carboxylic acids is 2. The van der Waals surface area contributed by atoms with Crippen molar-refractivity contribution in [2.75, 3.05) is 13.2 Å². The molecule has 1 N–H and O–H groups in total. The number of carboxylic acids is 1. The molecule has 204 valence electrons. The minimum atomic E-state index is -5.04. The highest BCUT2D eigenvalue weighted by Gasteiger charge is 2.41. The second-order valence-corrected chi connectivity index (χ2v) is 9.20. The number of thioether (sulfide) groups is 1. The van der Waals surface area contributed by atoms with Crippen molar-refractivity contribution in [1.82, 2.24) is 14.0 Å². The number of nitrogens with zero attached hydrogens (tertiary/aromatic N) is 4. The molecule has 0 aliphatic carbocycles. The number of aliphatic carboxylic acids is 1. The van der Waals surface area contributed by atoms with Crippen molar-refractivity contribution >= 4 is 52.1 Å². The molecule has 0 spiro atoms. The van der Waals surface area contributed by atoms with Gasteiger partial charge in [0.25, 0.3) is 5.56 Å². The van der Waals surface area contributed by atoms with Gasteiger partial charge in [0.2, 0.25) is 5.91 Å². The Hall–Kier alpha value is -3.66. The third-order valence-corrected chi connectivity index (χ3v) is 6.53. The van der Waals surface area contributed by atoms with Crippen LogP contribution in [0.25, 0.3) is 5.69 Å². The summed E-state index contributed by atoms with van der Waals surface area (Å²) in [6.45, 7) is 0.871. The maximum Gasteiger partial charge on any atom is 0.431 e. The number of carboxylic acid groups (broad SMARTS) is 1. The van der Waals surface area contributed by atoms with Crippen LogP contribution in [0.5, 0.6) is 0 Å². The molecular weight excluding hydrogens is 564 g/mol. The first-order chi connectivity index (χ1) is 17.6. The zero-order valence-electron chi connectivity index (χ0n) is 19.4. The number of aromatic nitrogens is 2. The molecule has 0 bridgehead atoms. The molecule has 0 radical (unpaired) electrons. The fourth-order valence-electron chi connectivity index (χ4n) is 3.37. The van der Waals surface area contributed by atoms with E-state index >= 15 is 0 Å². The smallest absolute Gasteiger partial charge is 0.431 e. The van der Waals surface area contributed by atoms with Gasteiger partial charge in [-0.25, -0.2) is 18.7 Å². The zero-order chi connectivity index (χ0) is 28.5. The SMILES string of the molecule is CCOC(=O)CN1C(=O)C(CC(=O)O)SC1=Nc1cc(-n2c(=O)cc(C(F)(F)F)n(C)c2=O)c(F)cc1Cl. The minimum Gasteiger partial charge on any atom is -0.481 e. The molecule has 2 aromatic rings. The summed E-state index contributed by atoms with van der Waals surface area (Å²) < 4.78 is 59.4. The molecule has 0 saturated carbocycles. The van der Waals surface area contributed by atoms with Gasteiger partial charge >= 0.3 is 23.8 Å². The second-order valence-electron chi connectivity index (χ2n) is 7.63. The molecule has 1 aliphatic rings. The van der Waals surface area contributed by atoms with Crippen molar-refractivity contribution in [3.63, 3.8) is 0 Å². The molecule has 1 atom stereocenters. The maximum atomic E-state index is 14.8. The lowest BCUT2D eigenvalue weighted by atomic mass is 10.2. The van der Waals surface area contributed by atoms with E-state index in [0.29, 0.717) is 17.8 Å². The van der Waals surface area contributed by atoms with Crippen molar-refractivity contribution in [3.8, 4) is 5.69 Å². The number of aliphatic imine (C=N–C) groups is 1. The Morgan fingerprint density at radius 3 is 2.45 bits per heavy atom. The van der Waals surface area contributed by atoms with Crippen LogP contribution in [0.1, 0.15) is 19.0 Å². The number of amidine groups is 1. The van der Waals surface area contributed by atoms with Crippen LogP contribution in [-0.4, -0.2) is 60.6 Å². The first kappa shape index (κ1) is 28.9. The van der Waals surface area contributed by atoms with Crippen molar-refractivity contribution in [2.24, 2.45) is 12.0 Å². The molecule has 1 unspecified atom stereocenters. The third-order valence-electron chi connectivity index (χ3n) is 5.06. The van der Waals surface area contributed by atoms with Crippen LogP contribution in [0.15, 0.2) is 32.8 Å². The van der Waals surface area contributed by atoms with Gasteiger partial charge in [-0.2, -0.15) is 13.2 Å². The van der Waals surface area contributed by atoms with Crippen molar-refractivity contribution < 1.29 is 41.8 Å². The highest BCUT2D eigenvalue weighted by atomic mass is 35.5. The van der Waals surface area contributed by atoms with Crippen LogP contribution in [0.3, 0.4) is 0 Å². The van der Waals surface area contributed by atoms with Crippen molar-refractivity contribution in [3.05, 3.63) is 55.6 Å². The molecule has 1 amide bonds. The predicted octanol–water partition coefficient (Wildman–Crippen LogP) is 2.32. The average molecular weight is 581 g/mol. The second kappa shape index (κ2) is 11.0. The number of hydrogen-bond donors (Lipinski definition) is 1. The third kappa shape index (κ3) is 5.91. The zero-order valence-corrected chi connectivity index (χ0v) is 21.0. The quantitative estimate of drug-likeness (QED) is 0.389. The molecule has 1 aromatic heterocycles. The summed E-state index contributed by atoms with van der Waals surface area (Å²) in [6.07, 6.45) is -5.66. The van der Waals surface area contributed by atoms with E-state index in [-0.39, 0.29) is 37.7 Å². The van der Waals surface area contributed by atoms with Crippen LogP contribution >= 0.6 is 23.4 Å². The van der Waals surface area contributed by atoms with E-state index in [2.05, 4.69) is 4.99 Å². The van der Waals surface area contributed by atoms with Crippen LogP contribution in [0.2, 0.25) is 5.02 Å². The van der Waals surface area contributed by atoms with Gasteiger partial charge < -0.3 is 9.84 Å². The highest BCUT2D eigenvalue weighted by Crippen LogP contribution is 2.35. The Balaban J connectivity index is 2.16. The molecule has 3 rings (SSSR count). The van der Waals surface area contributed by atoms with E-state index < -0.39 is 70.7 Å². The minimum absolute atomic E-state index is 0.0109. The molecule has 1 fully saturated rings. The number of halogens is 5. The summed E-state index contributed by atoms with van der Waals surface area (Å²) in [4.78, 5) is 65.8. The molecule has 2 heterocycles. The fraction of sp³-hybridized carbons (Fsp3) is 0.333. The summed E-state index contributed by atoms with van der Waals surface area (Å²) in [5.74, 6) is -4.18. The van der Waals surface area contributed by atoms with Crippen LogP contribution < -0.4 is 11.2 Å². The van der Waals surface area contributed by atoms with Gasteiger partial charge in [-0.15, -0.1) is 0 Å². The summed E-state index contributed by atoms with van der Waals surface area (Å²) in [5, 5.41) is 7.30. The number of esters is 1. The van der Waals surface area contributed by atoms with E-state index in [1.807, 2.05) is 0 Å². The molecule has 1 aromatic carbocycles. The van der Waals surface area contributed by atoms with Crippen LogP contribution in [-0.2, 0) is 32.3 Å². The van der Waals surface area contributed by atoms with Gasteiger partial charge in [0.05, 0.1) is 29.4 Å². The number of amides is 1. The van der Waals surface area contributed by atoms with E-state index in [1.54, 1.807) is 0 Å². The van der Waals surface area contributed by atoms with Gasteiger partial charge in [-0.05, 0) is 19.1 Å². The first-order valence-corrected chi connectivity index (χ1v) is 11.7. The van der Waals surface area contributed by atoms with Crippen LogP contribution in [0, 0.1) is 5.82 Å². The largest absolute Gasteiger partial charge is 0.481 e. The van der Waals surface area contributed by atoms with E-state index in [0.717, 1.165) is 18.0 Å². The van der Waals surface area contributed by atoms with Crippen molar-refractivity contribution in [1.29, 1.82) is 0 Å². The number of carbonyl (C=O) groups is 3. The first-order valence-electron chi connectivity index (χ1n) is 10.5. The van der Waals surface area contributed by atoms with E-state index in [9.17, 15) is 41.5 Å². The van der Waals surface area contributed by atoms with Gasteiger partial charge in [0, 0.05) is 13.1 Å². The molecule has 17 heteroatoms. The summed E-state index contributed by atoms with van der Waals surface area (Å²) in [6, 6.07) is 1.55. The van der Waals surface area contributed by atoms with E-state index in [1.165, 1.54) is 6.92 Å². The van der Waals surface area contributed by atoms with E-state index in [4.69, 9.17) is 21.4 Å². The molecular formula is C21H17ClF4N4O7S. The van der Waals surface area contributed by atoms with Gasteiger partial charge in [0.15, 0.2) is 5.17 Å². The number of rotatable bonds is 7. The van der Waals surface area contributed by atoms with Crippen molar-refractivity contribution in [2.45, 2.75) is 24.8 Å². The van der Waals surface area contributed by atoms with Gasteiger partial charge in [-0.3, -0.25) is 28.6 Å². The number of benzene rings is 1. The predicted molar refractivity (Wildman–Crippen MR) is 126 cm³/mol. The highest BCUT2D eigenvalue weighted by molar-refractivity contribution is 8.15. The average Bonchev–Trinajstić information content (AvgIpc) is 3.06. The normalized spacial score (nSPS) is 16.8. The summed E-state index contributed by atoms with van der Waals surface area (Å²) in [7, 11) is 0.743. The van der Waals surface area contributed by atoms with Gasteiger partial charge in [-0.1, -0.05) is 23.4 Å². The molecule has 1 aliphatic heterocycles. The number of alkyl halides is 3. The molecule has 11 nitrogen and oxygen atoms in total. The Kier molecular flexibility index (Phi) is 8.36.